The number of hydrogen-bond donors (Lipinski definition) is 3. The summed E-state index contributed by atoms with van der Waals surface area (Å²) in [6.45, 7) is 4.78. The number of nitrogen functional groups attached to an aromatic ring is 2. The maximum atomic E-state index is 12.3. The molecule has 3 rings (SSSR count). The first-order valence-corrected chi connectivity index (χ1v) is 8.51. The molecule has 27 heavy (non-hydrogen) atoms. The van der Waals surface area contributed by atoms with Gasteiger partial charge in [-0.3, -0.25) is 4.79 Å². The van der Waals surface area contributed by atoms with Gasteiger partial charge in [0.05, 0.1) is 12.1 Å². The zero-order chi connectivity index (χ0) is 19.4. The van der Waals surface area contributed by atoms with Crippen LogP contribution >= 0.6 is 0 Å². The van der Waals surface area contributed by atoms with Crippen LogP contribution < -0.4 is 21.5 Å². The van der Waals surface area contributed by atoms with Crippen LogP contribution in [0.3, 0.4) is 0 Å². The third-order valence-corrected chi connectivity index (χ3v) is 3.90. The summed E-state index contributed by atoms with van der Waals surface area (Å²) >= 11 is 0. The molecule has 2 heterocycles. The average Bonchev–Trinajstić information content (AvgIpc) is 3.01. The standard InChI is InChI=1S/C20H22N4O3/c1-12(2)7-8-26-14-4-3-13-9-15(27-17(13)10-14)11-23-20(25)16-5-6-18(21)24-19(16)22/h3-7,9-10H,8,11H2,1-2H3,(H,23,25)(H4,21,22,24). The van der Waals surface area contributed by atoms with Crippen LogP contribution in [-0.2, 0) is 6.54 Å². The van der Waals surface area contributed by atoms with Gasteiger partial charge in [0.15, 0.2) is 0 Å². The number of furan rings is 1. The van der Waals surface area contributed by atoms with E-state index in [1.165, 1.54) is 11.6 Å². The van der Waals surface area contributed by atoms with Crippen molar-refractivity contribution in [3.8, 4) is 5.75 Å². The van der Waals surface area contributed by atoms with E-state index in [9.17, 15) is 4.79 Å². The molecule has 5 N–H and O–H groups in total. The van der Waals surface area contributed by atoms with Crippen molar-refractivity contribution in [3.63, 3.8) is 0 Å². The first-order valence-electron chi connectivity index (χ1n) is 8.51. The number of allylic oxidation sites excluding steroid dienone is 1. The third kappa shape index (κ3) is 4.58. The molecule has 2 aromatic heterocycles. The van der Waals surface area contributed by atoms with Crippen LogP contribution in [0.5, 0.6) is 5.75 Å². The van der Waals surface area contributed by atoms with Crippen molar-refractivity contribution in [1.29, 1.82) is 0 Å². The lowest BCUT2D eigenvalue weighted by Crippen LogP contribution is -2.24. The van der Waals surface area contributed by atoms with Gasteiger partial charge >= 0.3 is 0 Å². The second-order valence-electron chi connectivity index (χ2n) is 6.36. The number of benzene rings is 1. The predicted octanol–water partition coefficient (Wildman–Crippen LogP) is 3.27. The largest absolute Gasteiger partial charge is 0.489 e. The zero-order valence-electron chi connectivity index (χ0n) is 15.3. The number of nitrogens with zero attached hydrogens (tertiary/aromatic N) is 1. The van der Waals surface area contributed by atoms with Crippen LogP contribution in [-0.4, -0.2) is 17.5 Å². The molecular weight excluding hydrogens is 344 g/mol. The van der Waals surface area contributed by atoms with Crippen molar-refractivity contribution >= 4 is 28.5 Å². The molecule has 0 saturated heterocycles. The number of aromatic nitrogens is 1. The van der Waals surface area contributed by atoms with Gasteiger partial charge in [0.1, 0.15) is 35.3 Å². The highest BCUT2D eigenvalue weighted by atomic mass is 16.5. The summed E-state index contributed by atoms with van der Waals surface area (Å²) in [4.78, 5) is 16.1. The van der Waals surface area contributed by atoms with Crippen LogP contribution in [0.25, 0.3) is 11.0 Å². The van der Waals surface area contributed by atoms with Crippen LogP contribution in [0.1, 0.15) is 30.0 Å². The fourth-order valence-corrected chi connectivity index (χ4v) is 2.49. The lowest BCUT2D eigenvalue weighted by molar-refractivity contribution is 0.0949. The zero-order valence-corrected chi connectivity index (χ0v) is 15.3. The van der Waals surface area contributed by atoms with E-state index in [0.717, 1.165) is 11.1 Å². The van der Waals surface area contributed by atoms with E-state index in [2.05, 4.69) is 10.3 Å². The molecule has 1 amide bonds. The fraction of sp³-hybridized carbons (Fsp3) is 0.200. The Labute approximate surface area is 157 Å². The first-order chi connectivity index (χ1) is 12.9. The number of nitrogens with one attached hydrogen (secondary N) is 1. The van der Waals surface area contributed by atoms with Crippen molar-refractivity contribution in [1.82, 2.24) is 10.3 Å². The van der Waals surface area contributed by atoms with Gasteiger partial charge < -0.3 is 25.9 Å². The van der Waals surface area contributed by atoms with Crippen LogP contribution in [0, 0.1) is 0 Å². The van der Waals surface area contributed by atoms with Gasteiger partial charge in [0.25, 0.3) is 5.91 Å². The molecule has 1 aromatic carbocycles. The smallest absolute Gasteiger partial charge is 0.255 e. The molecule has 0 bridgehead atoms. The molecule has 0 radical (unpaired) electrons. The molecule has 0 aliphatic heterocycles. The first kappa shape index (κ1) is 18.3. The Morgan fingerprint density at radius 1 is 1.22 bits per heavy atom. The Morgan fingerprint density at radius 2 is 2.04 bits per heavy atom. The number of carbonyl (C=O) groups excluding carboxylic acids is 1. The van der Waals surface area contributed by atoms with Crippen LogP contribution in [0.2, 0.25) is 0 Å². The van der Waals surface area contributed by atoms with E-state index < -0.39 is 0 Å². The molecule has 0 aliphatic carbocycles. The van der Waals surface area contributed by atoms with E-state index in [-0.39, 0.29) is 29.7 Å². The number of rotatable bonds is 6. The summed E-state index contributed by atoms with van der Waals surface area (Å²) in [6, 6.07) is 10.6. The summed E-state index contributed by atoms with van der Waals surface area (Å²) < 4.78 is 11.5. The Bertz CT molecular complexity index is 1000. The highest BCUT2D eigenvalue weighted by Crippen LogP contribution is 2.24. The summed E-state index contributed by atoms with van der Waals surface area (Å²) in [7, 11) is 0. The maximum absolute atomic E-state index is 12.3. The number of ether oxygens (including phenoxy) is 1. The maximum Gasteiger partial charge on any atom is 0.255 e. The number of amides is 1. The summed E-state index contributed by atoms with van der Waals surface area (Å²) in [5, 5.41) is 3.70. The van der Waals surface area contributed by atoms with Gasteiger partial charge in [-0.25, -0.2) is 4.98 Å². The Balaban J connectivity index is 1.66. The Morgan fingerprint density at radius 3 is 2.78 bits per heavy atom. The molecule has 0 aliphatic rings. The SMILES string of the molecule is CC(C)=CCOc1ccc2cc(CNC(=O)c3ccc(N)nc3N)oc2c1. The molecular formula is C20H22N4O3. The second-order valence-corrected chi connectivity index (χ2v) is 6.36. The minimum Gasteiger partial charge on any atom is -0.489 e. The van der Waals surface area contributed by atoms with Gasteiger partial charge in [-0.1, -0.05) is 5.57 Å². The third-order valence-electron chi connectivity index (χ3n) is 3.90. The topological polar surface area (TPSA) is 116 Å². The van der Waals surface area contributed by atoms with Gasteiger partial charge in [0.2, 0.25) is 0 Å². The van der Waals surface area contributed by atoms with Gasteiger partial charge in [0, 0.05) is 11.5 Å². The summed E-state index contributed by atoms with van der Waals surface area (Å²) in [5.74, 6) is 1.37. The Hall–Kier alpha value is -3.48. The van der Waals surface area contributed by atoms with Crippen molar-refractivity contribution in [3.05, 3.63) is 59.4 Å². The minimum atomic E-state index is -0.341. The summed E-state index contributed by atoms with van der Waals surface area (Å²) in [5.41, 5.74) is 13.4. The van der Waals surface area contributed by atoms with Gasteiger partial charge in [-0.15, -0.1) is 0 Å². The lowest BCUT2D eigenvalue weighted by atomic mass is 10.2. The fourth-order valence-electron chi connectivity index (χ4n) is 2.49. The summed E-state index contributed by atoms with van der Waals surface area (Å²) in [6.07, 6.45) is 2.01. The molecule has 140 valence electrons. The van der Waals surface area contributed by atoms with E-state index in [0.29, 0.717) is 18.0 Å². The number of carbonyl (C=O) groups is 1. The number of pyridine rings is 1. The lowest BCUT2D eigenvalue weighted by Gasteiger charge is -2.06. The number of hydrogen-bond acceptors (Lipinski definition) is 6. The van der Waals surface area contributed by atoms with Gasteiger partial charge in [-0.2, -0.15) is 0 Å². The molecule has 0 spiro atoms. The monoisotopic (exact) mass is 366 g/mol. The van der Waals surface area contributed by atoms with E-state index in [4.69, 9.17) is 20.6 Å². The quantitative estimate of drug-likeness (QED) is 0.577. The predicted molar refractivity (Wildman–Crippen MR) is 105 cm³/mol. The minimum absolute atomic E-state index is 0.0928. The molecule has 7 heteroatoms. The van der Waals surface area contributed by atoms with Crippen molar-refractivity contribution < 1.29 is 13.9 Å². The van der Waals surface area contributed by atoms with Crippen molar-refractivity contribution in [2.24, 2.45) is 0 Å². The molecule has 0 atom stereocenters. The van der Waals surface area contributed by atoms with Crippen LogP contribution in [0.4, 0.5) is 11.6 Å². The van der Waals surface area contributed by atoms with E-state index in [1.54, 1.807) is 6.07 Å². The molecule has 0 fully saturated rings. The number of nitrogens with two attached hydrogens (primary N) is 2. The highest BCUT2D eigenvalue weighted by Gasteiger charge is 2.12. The average molecular weight is 366 g/mol. The molecule has 3 aromatic rings. The normalized spacial score (nSPS) is 10.6. The van der Waals surface area contributed by atoms with E-state index in [1.807, 2.05) is 44.2 Å². The number of fused-ring (bicyclic) bond motifs is 1. The highest BCUT2D eigenvalue weighted by molar-refractivity contribution is 5.98. The van der Waals surface area contributed by atoms with Gasteiger partial charge in [-0.05, 0) is 50.3 Å². The van der Waals surface area contributed by atoms with Crippen molar-refractivity contribution in [2.75, 3.05) is 18.1 Å². The molecule has 0 saturated carbocycles. The molecule has 7 nitrogen and oxygen atoms in total. The van der Waals surface area contributed by atoms with Crippen molar-refractivity contribution in [2.45, 2.75) is 20.4 Å². The number of anilines is 2. The second kappa shape index (κ2) is 7.82. The molecule has 0 unspecified atom stereocenters. The van der Waals surface area contributed by atoms with Crippen LogP contribution in [0.15, 0.2) is 52.5 Å². The van der Waals surface area contributed by atoms with E-state index >= 15 is 0 Å². The Kier molecular flexibility index (Phi) is 5.30.